The molecule has 0 fully saturated rings. The lowest BCUT2D eigenvalue weighted by molar-refractivity contribution is 0.0999. The van der Waals surface area contributed by atoms with Crippen LogP contribution in [0.2, 0.25) is 5.02 Å². The number of primary amides is 1. The number of aromatic nitrogens is 2. The molecule has 2 heterocycles. The van der Waals surface area contributed by atoms with Crippen molar-refractivity contribution >= 4 is 46.5 Å². The molecule has 2 aromatic carbocycles. The number of halogens is 1. The molecule has 132 valence electrons. The highest BCUT2D eigenvalue weighted by atomic mass is 35.5. The second-order valence-electron chi connectivity index (χ2n) is 6.39. The molecule has 1 aliphatic rings. The number of amides is 1. The number of nitrogens with zero attached hydrogens (tertiary/aromatic N) is 3. The van der Waals surface area contributed by atoms with Crippen molar-refractivity contribution in [2.24, 2.45) is 5.73 Å². The van der Waals surface area contributed by atoms with Crippen LogP contribution in [0.1, 0.15) is 32.7 Å². The van der Waals surface area contributed by atoms with Gasteiger partial charge in [-0.25, -0.2) is 4.98 Å². The number of aryl methyl sites for hydroxylation is 2. The van der Waals surface area contributed by atoms with Gasteiger partial charge in [0.2, 0.25) is 11.9 Å². The largest absolute Gasteiger partial charge is 0.366 e. The molecule has 0 atom stereocenters. The summed E-state index contributed by atoms with van der Waals surface area (Å²) < 4.78 is 2.04. The summed E-state index contributed by atoms with van der Waals surface area (Å²) >= 11 is 6.32. The standard InChI is InChI=1S/C19H17ClN4O2/c1-11-9-12(18(21)26)4-6-15(11)23-7-2-8-24-17-13(10-25)3-5-14(20)16(17)22-19(23)24/h3-6,9-10H,2,7-8H2,1H3,(H2,21,26). The lowest BCUT2D eigenvalue weighted by Gasteiger charge is -2.30. The van der Waals surface area contributed by atoms with E-state index < -0.39 is 5.91 Å². The van der Waals surface area contributed by atoms with Crippen LogP contribution in [0.4, 0.5) is 11.6 Å². The van der Waals surface area contributed by atoms with Crippen molar-refractivity contribution in [3.63, 3.8) is 0 Å². The summed E-state index contributed by atoms with van der Waals surface area (Å²) in [7, 11) is 0. The topological polar surface area (TPSA) is 81.2 Å². The van der Waals surface area contributed by atoms with Gasteiger partial charge in [0.1, 0.15) is 5.52 Å². The minimum atomic E-state index is -0.451. The first kappa shape index (κ1) is 16.6. The molecule has 1 aliphatic heterocycles. The predicted octanol–water partition coefficient (Wildman–Crippen LogP) is 3.45. The van der Waals surface area contributed by atoms with Crippen LogP contribution in [0, 0.1) is 6.92 Å². The van der Waals surface area contributed by atoms with E-state index in [0.29, 0.717) is 21.7 Å². The van der Waals surface area contributed by atoms with Gasteiger partial charge < -0.3 is 15.2 Å². The first-order valence-corrected chi connectivity index (χ1v) is 8.71. The minimum Gasteiger partial charge on any atom is -0.366 e. The van der Waals surface area contributed by atoms with Crippen molar-refractivity contribution in [1.82, 2.24) is 9.55 Å². The third-order valence-corrected chi connectivity index (χ3v) is 5.07. The minimum absolute atomic E-state index is 0.451. The number of imidazole rings is 1. The fraction of sp³-hybridized carbons (Fsp3) is 0.211. The highest BCUT2D eigenvalue weighted by molar-refractivity contribution is 6.35. The fourth-order valence-electron chi connectivity index (χ4n) is 3.56. The molecular formula is C19H17ClN4O2. The Morgan fingerprint density at radius 1 is 1.27 bits per heavy atom. The number of nitrogens with two attached hydrogens (primary N) is 1. The molecule has 1 aromatic heterocycles. The first-order valence-electron chi connectivity index (χ1n) is 8.33. The summed E-state index contributed by atoms with van der Waals surface area (Å²) in [5.41, 5.74) is 9.70. The van der Waals surface area contributed by atoms with E-state index in [0.717, 1.165) is 48.5 Å². The maximum Gasteiger partial charge on any atom is 0.248 e. The number of fused-ring (bicyclic) bond motifs is 3. The van der Waals surface area contributed by atoms with Gasteiger partial charge in [0.15, 0.2) is 6.29 Å². The highest BCUT2D eigenvalue weighted by Gasteiger charge is 2.26. The van der Waals surface area contributed by atoms with Gasteiger partial charge in [-0.1, -0.05) is 11.6 Å². The number of hydrogen-bond acceptors (Lipinski definition) is 4. The molecule has 7 heteroatoms. The molecule has 4 rings (SSSR count). The molecule has 0 saturated carbocycles. The molecule has 6 nitrogen and oxygen atoms in total. The van der Waals surface area contributed by atoms with Crippen molar-refractivity contribution in [2.75, 3.05) is 11.4 Å². The Hall–Kier alpha value is -2.86. The molecule has 1 amide bonds. The zero-order chi connectivity index (χ0) is 18.4. The molecule has 0 aliphatic carbocycles. The van der Waals surface area contributed by atoms with Crippen molar-refractivity contribution in [1.29, 1.82) is 0 Å². The van der Waals surface area contributed by atoms with E-state index >= 15 is 0 Å². The van der Waals surface area contributed by atoms with E-state index in [1.165, 1.54) is 0 Å². The van der Waals surface area contributed by atoms with E-state index in [-0.39, 0.29) is 0 Å². The summed E-state index contributed by atoms with van der Waals surface area (Å²) in [5.74, 6) is 0.297. The summed E-state index contributed by atoms with van der Waals surface area (Å²) in [6.07, 6.45) is 1.74. The lowest BCUT2D eigenvalue weighted by atomic mass is 10.1. The number of hydrogen-bond donors (Lipinski definition) is 1. The smallest absolute Gasteiger partial charge is 0.248 e. The summed E-state index contributed by atoms with van der Waals surface area (Å²) in [4.78, 5) is 29.7. The molecule has 0 unspecified atom stereocenters. The summed E-state index contributed by atoms with van der Waals surface area (Å²) in [5, 5.41) is 0.522. The second-order valence-corrected chi connectivity index (χ2v) is 6.79. The van der Waals surface area contributed by atoms with Crippen LogP contribution < -0.4 is 10.6 Å². The number of aldehydes is 1. The summed E-state index contributed by atoms with van der Waals surface area (Å²) in [6.45, 7) is 3.49. The molecule has 26 heavy (non-hydrogen) atoms. The lowest BCUT2D eigenvalue weighted by Crippen LogP contribution is -2.29. The van der Waals surface area contributed by atoms with E-state index in [4.69, 9.17) is 22.3 Å². The number of carbonyl (C=O) groups excluding carboxylic acids is 2. The van der Waals surface area contributed by atoms with Gasteiger partial charge >= 0.3 is 0 Å². The fourth-order valence-corrected chi connectivity index (χ4v) is 3.76. The van der Waals surface area contributed by atoms with Gasteiger partial charge in [-0.05, 0) is 49.2 Å². The SMILES string of the molecule is Cc1cc(C(N)=O)ccc1N1CCCn2c1nc1c(Cl)ccc(C=O)c12. The van der Waals surface area contributed by atoms with Crippen LogP contribution in [0.3, 0.4) is 0 Å². The van der Waals surface area contributed by atoms with E-state index in [1.807, 2.05) is 17.6 Å². The molecule has 0 spiro atoms. The van der Waals surface area contributed by atoms with Crippen LogP contribution >= 0.6 is 11.6 Å². The van der Waals surface area contributed by atoms with Crippen molar-refractivity contribution < 1.29 is 9.59 Å². The van der Waals surface area contributed by atoms with E-state index in [2.05, 4.69) is 4.90 Å². The van der Waals surface area contributed by atoms with Gasteiger partial charge in [0.05, 0.1) is 10.5 Å². The molecule has 0 bridgehead atoms. The van der Waals surface area contributed by atoms with Crippen molar-refractivity contribution in [3.05, 3.63) is 52.0 Å². The van der Waals surface area contributed by atoms with Gasteiger partial charge in [-0.15, -0.1) is 0 Å². The Balaban J connectivity index is 1.91. The van der Waals surface area contributed by atoms with E-state index in [1.54, 1.807) is 24.3 Å². The number of benzene rings is 2. The second kappa shape index (κ2) is 6.14. The van der Waals surface area contributed by atoms with Crippen LogP contribution in [0.5, 0.6) is 0 Å². The quantitative estimate of drug-likeness (QED) is 0.718. The van der Waals surface area contributed by atoms with Gasteiger partial charge in [-0.2, -0.15) is 0 Å². The molecule has 0 saturated heterocycles. The normalized spacial score (nSPS) is 13.7. The maximum absolute atomic E-state index is 11.5. The number of rotatable bonds is 3. The molecule has 3 aromatic rings. The monoisotopic (exact) mass is 368 g/mol. The Bertz CT molecular complexity index is 1060. The van der Waals surface area contributed by atoms with Crippen LogP contribution in [0.25, 0.3) is 11.0 Å². The first-order chi connectivity index (χ1) is 12.5. The molecule has 0 radical (unpaired) electrons. The Labute approximate surface area is 155 Å². The third kappa shape index (κ3) is 2.45. The Kier molecular flexibility index (Phi) is 3.92. The van der Waals surface area contributed by atoms with E-state index in [9.17, 15) is 9.59 Å². The predicted molar refractivity (Wildman–Crippen MR) is 101 cm³/mol. The number of carbonyl (C=O) groups is 2. The van der Waals surface area contributed by atoms with Crippen molar-refractivity contribution in [2.45, 2.75) is 19.9 Å². The Morgan fingerprint density at radius 3 is 2.77 bits per heavy atom. The van der Waals surface area contributed by atoms with Crippen LogP contribution in [-0.2, 0) is 6.54 Å². The zero-order valence-corrected chi connectivity index (χ0v) is 15.0. The average Bonchev–Trinajstić information content (AvgIpc) is 3.03. The van der Waals surface area contributed by atoms with Crippen LogP contribution in [-0.4, -0.2) is 28.3 Å². The zero-order valence-electron chi connectivity index (χ0n) is 14.2. The Morgan fingerprint density at radius 2 is 2.08 bits per heavy atom. The van der Waals surface area contributed by atoms with Gasteiger partial charge in [0.25, 0.3) is 0 Å². The molecule has 2 N–H and O–H groups in total. The maximum atomic E-state index is 11.5. The van der Waals surface area contributed by atoms with Crippen molar-refractivity contribution in [3.8, 4) is 0 Å². The third-order valence-electron chi connectivity index (χ3n) is 4.76. The number of anilines is 2. The van der Waals surface area contributed by atoms with Gasteiger partial charge in [-0.3, -0.25) is 9.59 Å². The van der Waals surface area contributed by atoms with Crippen LogP contribution in [0.15, 0.2) is 30.3 Å². The molecular weight excluding hydrogens is 352 g/mol. The van der Waals surface area contributed by atoms with Gasteiger partial charge in [0, 0.05) is 29.9 Å². The average molecular weight is 369 g/mol. The summed E-state index contributed by atoms with van der Waals surface area (Å²) in [6, 6.07) is 8.80. The highest BCUT2D eigenvalue weighted by Crippen LogP contribution is 2.37.